The standard InChI is InChI=1S/C21H23NO5/c1-14-12-15(2)19-16(13-14)21(26-10-11-27-21)20(23)22(19)8-9-25-18-7-5-4-6-17(18)24-3/h4-7,12-13H,8-11H2,1-3H3. The summed E-state index contributed by atoms with van der Waals surface area (Å²) >= 11 is 0. The van der Waals surface area contributed by atoms with E-state index >= 15 is 0 Å². The first-order valence-electron chi connectivity index (χ1n) is 9.04. The Labute approximate surface area is 158 Å². The summed E-state index contributed by atoms with van der Waals surface area (Å²) in [4.78, 5) is 14.9. The second-order valence-corrected chi connectivity index (χ2v) is 6.75. The molecule has 2 heterocycles. The van der Waals surface area contributed by atoms with Gasteiger partial charge >= 0.3 is 0 Å². The second-order valence-electron chi connectivity index (χ2n) is 6.75. The van der Waals surface area contributed by atoms with E-state index in [1.807, 2.05) is 44.2 Å². The Morgan fingerprint density at radius 1 is 1.11 bits per heavy atom. The van der Waals surface area contributed by atoms with Gasteiger partial charge in [-0.1, -0.05) is 23.8 Å². The van der Waals surface area contributed by atoms with Crippen molar-refractivity contribution in [3.63, 3.8) is 0 Å². The lowest BCUT2D eigenvalue weighted by atomic mass is 10.0. The molecule has 0 aromatic heterocycles. The van der Waals surface area contributed by atoms with Crippen LogP contribution in [0.4, 0.5) is 5.69 Å². The Balaban J connectivity index is 1.59. The predicted molar refractivity (Wildman–Crippen MR) is 100 cm³/mol. The molecule has 0 unspecified atom stereocenters. The third kappa shape index (κ3) is 2.85. The van der Waals surface area contributed by atoms with Gasteiger partial charge in [-0.2, -0.15) is 0 Å². The molecule has 0 atom stereocenters. The average molecular weight is 369 g/mol. The van der Waals surface area contributed by atoms with Crippen molar-refractivity contribution in [2.45, 2.75) is 19.6 Å². The number of fused-ring (bicyclic) bond motifs is 2. The molecule has 6 heteroatoms. The quantitative estimate of drug-likeness (QED) is 0.811. The molecule has 1 saturated heterocycles. The van der Waals surface area contributed by atoms with Crippen LogP contribution in [-0.2, 0) is 20.1 Å². The van der Waals surface area contributed by atoms with Crippen LogP contribution in [0, 0.1) is 13.8 Å². The molecule has 27 heavy (non-hydrogen) atoms. The van der Waals surface area contributed by atoms with Gasteiger partial charge in [0.15, 0.2) is 11.5 Å². The van der Waals surface area contributed by atoms with E-state index in [0.29, 0.717) is 37.9 Å². The maximum atomic E-state index is 13.2. The molecule has 2 aliphatic rings. The first-order chi connectivity index (χ1) is 13.1. The number of amides is 1. The number of nitrogens with zero attached hydrogens (tertiary/aromatic N) is 1. The van der Waals surface area contributed by atoms with E-state index in [1.165, 1.54) is 0 Å². The number of hydrogen-bond donors (Lipinski definition) is 0. The van der Waals surface area contributed by atoms with Crippen LogP contribution in [0.2, 0.25) is 0 Å². The normalized spacial score (nSPS) is 17.4. The molecular formula is C21H23NO5. The Morgan fingerprint density at radius 2 is 1.81 bits per heavy atom. The zero-order valence-corrected chi connectivity index (χ0v) is 15.8. The highest BCUT2D eigenvalue weighted by Gasteiger charge is 2.56. The van der Waals surface area contributed by atoms with Crippen molar-refractivity contribution >= 4 is 11.6 Å². The highest BCUT2D eigenvalue weighted by Crippen LogP contribution is 2.47. The molecule has 0 saturated carbocycles. The number of aryl methyl sites for hydroxylation is 2. The third-order valence-corrected chi connectivity index (χ3v) is 4.93. The average Bonchev–Trinajstić information content (AvgIpc) is 3.23. The summed E-state index contributed by atoms with van der Waals surface area (Å²) in [6.45, 7) is 5.54. The Kier molecular flexibility index (Phi) is 4.53. The summed E-state index contributed by atoms with van der Waals surface area (Å²) < 4.78 is 22.8. The highest BCUT2D eigenvalue weighted by atomic mass is 16.7. The molecule has 142 valence electrons. The van der Waals surface area contributed by atoms with Crippen molar-refractivity contribution in [1.29, 1.82) is 0 Å². The van der Waals surface area contributed by atoms with Gasteiger partial charge in [0.05, 0.1) is 32.6 Å². The van der Waals surface area contributed by atoms with Gasteiger partial charge in [-0.05, 0) is 37.6 Å². The Morgan fingerprint density at radius 3 is 2.52 bits per heavy atom. The fraction of sp³-hybridized carbons (Fsp3) is 0.381. The fourth-order valence-electron chi connectivity index (χ4n) is 3.85. The number of rotatable bonds is 5. The van der Waals surface area contributed by atoms with Crippen molar-refractivity contribution in [2.24, 2.45) is 0 Å². The lowest BCUT2D eigenvalue weighted by molar-refractivity contribution is -0.180. The highest BCUT2D eigenvalue weighted by molar-refractivity contribution is 6.07. The number of ether oxygens (including phenoxy) is 4. The molecule has 2 aliphatic heterocycles. The van der Waals surface area contributed by atoms with Gasteiger partial charge in [0.25, 0.3) is 11.7 Å². The fourth-order valence-corrected chi connectivity index (χ4v) is 3.85. The molecule has 1 fully saturated rings. The maximum absolute atomic E-state index is 13.2. The summed E-state index contributed by atoms with van der Waals surface area (Å²) in [6.07, 6.45) is 0. The van der Waals surface area contributed by atoms with Crippen LogP contribution in [-0.4, -0.2) is 39.4 Å². The van der Waals surface area contributed by atoms with Crippen LogP contribution in [0.1, 0.15) is 16.7 Å². The minimum atomic E-state index is -1.31. The van der Waals surface area contributed by atoms with Crippen molar-refractivity contribution in [2.75, 3.05) is 38.4 Å². The van der Waals surface area contributed by atoms with E-state index in [9.17, 15) is 4.79 Å². The third-order valence-electron chi connectivity index (χ3n) is 4.93. The minimum Gasteiger partial charge on any atom is -0.493 e. The summed E-state index contributed by atoms with van der Waals surface area (Å²) in [5.41, 5.74) is 3.74. The monoisotopic (exact) mass is 369 g/mol. The number of carbonyl (C=O) groups is 1. The zero-order valence-electron chi connectivity index (χ0n) is 15.8. The largest absolute Gasteiger partial charge is 0.493 e. The van der Waals surface area contributed by atoms with Crippen molar-refractivity contribution in [3.05, 3.63) is 53.1 Å². The SMILES string of the molecule is COc1ccccc1OCCN1C(=O)C2(OCCO2)c2cc(C)cc(C)c21. The number of anilines is 1. The molecule has 0 radical (unpaired) electrons. The summed E-state index contributed by atoms with van der Waals surface area (Å²) in [5, 5.41) is 0. The van der Waals surface area contributed by atoms with E-state index < -0.39 is 5.79 Å². The minimum absolute atomic E-state index is 0.188. The number of methoxy groups -OCH3 is 1. The second kappa shape index (κ2) is 6.87. The van der Waals surface area contributed by atoms with Gasteiger partial charge in [0.2, 0.25) is 0 Å². The Bertz CT molecular complexity index is 873. The summed E-state index contributed by atoms with van der Waals surface area (Å²) in [6, 6.07) is 11.5. The molecular weight excluding hydrogens is 346 g/mol. The van der Waals surface area contributed by atoms with E-state index in [4.69, 9.17) is 18.9 Å². The maximum Gasteiger partial charge on any atom is 0.292 e. The van der Waals surface area contributed by atoms with Crippen molar-refractivity contribution < 1.29 is 23.7 Å². The van der Waals surface area contributed by atoms with Crippen LogP contribution >= 0.6 is 0 Å². The van der Waals surface area contributed by atoms with Gasteiger partial charge in [0, 0.05) is 5.56 Å². The van der Waals surface area contributed by atoms with E-state index in [0.717, 1.165) is 22.4 Å². The molecule has 6 nitrogen and oxygen atoms in total. The predicted octanol–water partition coefficient (Wildman–Crippen LogP) is 2.94. The molecule has 0 aliphatic carbocycles. The molecule has 0 N–H and O–H groups in total. The smallest absolute Gasteiger partial charge is 0.292 e. The molecule has 2 aromatic carbocycles. The van der Waals surface area contributed by atoms with Crippen LogP contribution in [0.5, 0.6) is 11.5 Å². The van der Waals surface area contributed by atoms with E-state index in [2.05, 4.69) is 6.07 Å². The number of carbonyl (C=O) groups excluding carboxylic acids is 1. The Hall–Kier alpha value is -2.57. The molecule has 1 amide bonds. The van der Waals surface area contributed by atoms with Gasteiger partial charge < -0.3 is 23.8 Å². The first kappa shape index (κ1) is 17.8. The van der Waals surface area contributed by atoms with Crippen molar-refractivity contribution in [3.8, 4) is 11.5 Å². The zero-order chi connectivity index (χ0) is 19.0. The lowest BCUT2D eigenvalue weighted by Crippen LogP contribution is -2.42. The van der Waals surface area contributed by atoms with Crippen molar-refractivity contribution in [1.82, 2.24) is 0 Å². The number of para-hydroxylation sites is 2. The van der Waals surface area contributed by atoms with E-state index in [-0.39, 0.29) is 5.91 Å². The van der Waals surface area contributed by atoms with Crippen LogP contribution in [0.25, 0.3) is 0 Å². The van der Waals surface area contributed by atoms with Gasteiger partial charge in [-0.25, -0.2) is 0 Å². The summed E-state index contributed by atoms with van der Waals surface area (Å²) in [5.74, 6) is -0.185. The molecule has 0 bridgehead atoms. The molecule has 4 rings (SSSR count). The lowest BCUT2D eigenvalue weighted by Gasteiger charge is -2.22. The topological polar surface area (TPSA) is 57.2 Å². The number of benzene rings is 2. The van der Waals surface area contributed by atoms with Gasteiger partial charge in [-0.15, -0.1) is 0 Å². The van der Waals surface area contributed by atoms with Gasteiger partial charge in [0.1, 0.15) is 6.61 Å². The first-order valence-corrected chi connectivity index (χ1v) is 9.04. The number of hydrogen-bond acceptors (Lipinski definition) is 5. The summed E-state index contributed by atoms with van der Waals surface area (Å²) in [7, 11) is 1.60. The van der Waals surface area contributed by atoms with Gasteiger partial charge in [-0.3, -0.25) is 4.79 Å². The van der Waals surface area contributed by atoms with Crippen LogP contribution in [0.3, 0.4) is 0 Å². The van der Waals surface area contributed by atoms with E-state index in [1.54, 1.807) is 12.0 Å². The molecule has 2 aromatic rings. The van der Waals surface area contributed by atoms with Crippen LogP contribution in [0.15, 0.2) is 36.4 Å². The van der Waals surface area contributed by atoms with Crippen LogP contribution < -0.4 is 14.4 Å². The molecule has 1 spiro atoms.